The predicted octanol–water partition coefficient (Wildman–Crippen LogP) is 1.74. The minimum Gasteiger partial charge on any atom is -0.479 e. The van der Waals surface area contributed by atoms with Gasteiger partial charge in [0.2, 0.25) is 11.7 Å². The molecule has 0 aliphatic carbocycles. The maximum absolute atomic E-state index is 11.7. The Bertz CT molecular complexity index is 459. The van der Waals surface area contributed by atoms with Gasteiger partial charge in [-0.3, -0.25) is 4.79 Å². The second-order valence-electron chi connectivity index (χ2n) is 5.83. The van der Waals surface area contributed by atoms with E-state index in [-0.39, 0.29) is 6.42 Å². The van der Waals surface area contributed by atoms with Crippen LogP contribution in [0.2, 0.25) is 0 Å². The number of carboxylic acid groups (broad SMARTS) is 2. The maximum Gasteiger partial charge on any atom is 0.348 e. The zero-order valence-electron chi connectivity index (χ0n) is 13.1. The van der Waals surface area contributed by atoms with Crippen molar-refractivity contribution in [1.29, 1.82) is 0 Å². The summed E-state index contributed by atoms with van der Waals surface area (Å²) in [6.45, 7) is 3.65. The molecule has 1 aliphatic heterocycles. The van der Waals surface area contributed by atoms with Crippen LogP contribution in [0.1, 0.15) is 51.4 Å². The summed E-state index contributed by atoms with van der Waals surface area (Å²) in [5.41, 5.74) is -2.70. The van der Waals surface area contributed by atoms with E-state index in [1.165, 1.54) is 0 Å². The minimum atomic E-state index is -2.70. The van der Waals surface area contributed by atoms with E-state index in [1.54, 1.807) is 0 Å². The van der Waals surface area contributed by atoms with Crippen molar-refractivity contribution in [1.82, 2.24) is 0 Å². The lowest BCUT2D eigenvalue weighted by Crippen LogP contribution is -2.54. The number of aliphatic carboxylic acids is 2. The van der Waals surface area contributed by atoms with Crippen molar-refractivity contribution in [2.75, 3.05) is 0 Å². The number of cyclic esters (lactones) is 1. The standard InChI is InChI=1S/C16H24O7/c1-2-3-4-5-6-7-8-9-10-11-14(19)23-12(13(17)18)16(11,22)15(20)21/h2,11-12,22H,1,3-10H2,(H,17,18)(H,20,21)/t11-,12+,16+/m1/s1. The van der Waals surface area contributed by atoms with E-state index in [4.69, 9.17) is 10.2 Å². The molecule has 7 heteroatoms. The first kappa shape index (κ1) is 19.2. The van der Waals surface area contributed by atoms with Gasteiger partial charge in [0.1, 0.15) is 5.92 Å². The van der Waals surface area contributed by atoms with Gasteiger partial charge in [-0.15, -0.1) is 6.58 Å². The second-order valence-corrected chi connectivity index (χ2v) is 5.83. The van der Waals surface area contributed by atoms with E-state index < -0.39 is 35.5 Å². The molecule has 0 aromatic rings. The molecule has 0 amide bonds. The lowest BCUT2D eigenvalue weighted by molar-refractivity contribution is -0.179. The van der Waals surface area contributed by atoms with Gasteiger partial charge in [-0.25, -0.2) is 9.59 Å². The van der Waals surface area contributed by atoms with Crippen LogP contribution in [0.4, 0.5) is 0 Å². The molecule has 0 aromatic carbocycles. The summed E-state index contributed by atoms with van der Waals surface area (Å²) in [6.07, 6.45) is 6.34. The Morgan fingerprint density at radius 2 is 1.70 bits per heavy atom. The Balaban J connectivity index is 2.48. The van der Waals surface area contributed by atoms with Crippen LogP contribution in [0.5, 0.6) is 0 Å². The summed E-state index contributed by atoms with van der Waals surface area (Å²) in [4.78, 5) is 34.0. The lowest BCUT2D eigenvalue weighted by atomic mass is 9.82. The average molecular weight is 328 g/mol. The number of hydrogen-bond donors (Lipinski definition) is 3. The number of allylic oxidation sites excluding steroid dienone is 1. The van der Waals surface area contributed by atoms with Gasteiger partial charge in [0.05, 0.1) is 0 Å². The molecule has 0 bridgehead atoms. The number of unbranched alkanes of at least 4 members (excludes halogenated alkanes) is 6. The van der Waals surface area contributed by atoms with Crippen molar-refractivity contribution in [3.8, 4) is 0 Å². The highest BCUT2D eigenvalue weighted by molar-refractivity contribution is 5.97. The van der Waals surface area contributed by atoms with Crippen LogP contribution in [0.25, 0.3) is 0 Å². The Hall–Kier alpha value is -1.89. The van der Waals surface area contributed by atoms with E-state index in [0.29, 0.717) is 6.42 Å². The Morgan fingerprint density at radius 3 is 2.22 bits per heavy atom. The fourth-order valence-corrected chi connectivity index (χ4v) is 2.83. The molecule has 0 saturated carbocycles. The fraction of sp³-hybridized carbons (Fsp3) is 0.688. The van der Waals surface area contributed by atoms with E-state index in [1.807, 2.05) is 6.08 Å². The number of aliphatic hydroxyl groups is 1. The summed E-state index contributed by atoms with van der Waals surface area (Å²) in [7, 11) is 0. The van der Waals surface area contributed by atoms with E-state index in [0.717, 1.165) is 38.5 Å². The molecule has 3 atom stereocenters. The topological polar surface area (TPSA) is 121 Å². The first-order valence-electron chi connectivity index (χ1n) is 7.85. The molecule has 23 heavy (non-hydrogen) atoms. The third kappa shape index (κ3) is 4.54. The van der Waals surface area contributed by atoms with Gasteiger partial charge in [0.25, 0.3) is 0 Å². The number of carbonyl (C=O) groups excluding carboxylic acids is 1. The van der Waals surface area contributed by atoms with Crippen LogP contribution >= 0.6 is 0 Å². The smallest absolute Gasteiger partial charge is 0.348 e. The van der Waals surface area contributed by atoms with Crippen molar-refractivity contribution >= 4 is 17.9 Å². The monoisotopic (exact) mass is 328 g/mol. The Kier molecular flexibility index (Phi) is 7.22. The second kappa shape index (κ2) is 8.67. The molecule has 3 N–H and O–H groups in total. The predicted molar refractivity (Wildman–Crippen MR) is 80.7 cm³/mol. The molecule has 7 nitrogen and oxygen atoms in total. The highest BCUT2D eigenvalue weighted by Gasteiger charge is 2.64. The molecule has 0 unspecified atom stereocenters. The van der Waals surface area contributed by atoms with E-state index in [2.05, 4.69) is 11.3 Å². The van der Waals surface area contributed by atoms with Crippen LogP contribution < -0.4 is 0 Å². The summed E-state index contributed by atoms with van der Waals surface area (Å²) >= 11 is 0. The van der Waals surface area contributed by atoms with Crippen molar-refractivity contribution in [2.45, 2.75) is 63.1 Å². The van der Waals surface area contributed by atoms with Crippen molar-refractivity contribution < 1.29 is 34.4 Å². The SMILES string of the molecule is C=CCCCCCCCC[C@@H]1C(=O)O[C@@H](C(=O)O)[C@]1(O)C(=O)O. The van der Waals surface area contributed by atoms with Gasteiger partial charge < -0.3 is 20.1 Å². The molecule has 1 aliphatic rings. The van der Waals surface area contributed by atoms with Gasteiger partial charge in [0, 0.05) is 0 Å². The Morgan fingerprint density at radius 1 is 1.13 bits per heavy atom. The number of ether oxygens (including phenoxy) is 1. The zero-order chi connectivity index (χ0) is 17.5. The molecule has 130 valence electrons. The maximum atomic E-state index is 11.7. The van der Waals surface area contributed by atoms with Crippen LogP contribution in [0.3, 0.4) is 0 Å². The van der Waals surface area contributed by atoms with E-state index >= 15 is 0 Å². The molecule has 1 rings (SSSR count). The summed E-state index contributed by atoms with van der Waals surface area (Å²) in [6, 6.07) is 0. The molecule has 1 saturated heterocycles. The van der Waals surface area contributed by atoms with Gasteiger partial charge in [-0.2, -0.15) is 0 Å². The van der Waals surface area contributed by atoms with Crippen LogP contribution in [-0.2, 0) is 19.1 Å². The average Bonchev–Trinajstić information content (AvgIpc) is 2.75. The summed E-state index contributed by atoms with van der Waals surface area (Å²) in [5.74, 6) is -5.71. The fourth-order valence-electron chi connectivity index (χ4n) is 2.83. The third-order valence-corrected chi connectivity index (χ3v) is 4.17. The summed E-state index contributed by atoms with van der Waals surface area (Å²) in [5, 5.41) is 28.3. The van der Waals surface area contributed by atoms with Gasteiger partial charge in [-0.05, 0) is 19.3 Å². The lowest BCUT2D eigenvalue weighted by Gasteiger charge is -2.24. The zero-order valence-corrected chi connectivity index (χ0v) is 13.1. The quantitative estimate of drug-likeness (QED) is 0.300. The van der Waals surface area contributed by atoms with Crippen LogP contribution in [0.15, 0.2) is 12.7 Å². The van der Waals surface area contributed by atoms with Gasteiger partial charge in [-0.1, -0.05) is 38.2 Å². The number of carbonyl (C=O) groups is 3. The molecular weight excluding hydrogens is 304 g/mol. The minimum absolute atomic E-state index is 0.0953. The highest BCUT2D eigenvalue weighted by Crippen LogP contribution is 2.36. The number of esters is 1. The highest BCUT2D eigenvalue weighted by atomic mass is 16.6. The number of hydrogen-bond acceptors (Lipinski definition) is 5. The van der Waals surface area contributed by atoms with Gasteiger partial charge >= 0.3 is 17.9 Å². The first-order chi connectivity index (χ1) is 10.9. The molecule has 0 spiro atoms. The molecule has 1 heterocycles. The molecule has 0 aromatic heterocycles. The Labute approximate surface area is 134 Å². The number of rotatable bonds is 11. The third-order valence-electron chi connectivity index (χ3n) is 4.17. The van der Waals surface area contributed by atoms with Crippen molar-refractivity contribution in [2.24, 2.45) is 5.92 Å². The first-order valence-corrected chi connectivity index (χ1v) is 7.85. The van der Waals surface area contributed by atoms with Gasteiger partial charge in [0.15, 0.2) is 0 Å². The molecule has 1 fully saturated rings. The summed E-state index contributed by atoms with van der Waals surface area (Å²) < 4.78 is 4.56. The van der Waals surface area contributed by atoms with Crippen molar-refractivity contribution in [3.63, 3.8) is 0 Å². The largest absolute Gasteiger partial charge is 0.479 e. The van der Waals surface area contributed by atoms with Crippen LogP contribution in [-0.4, -0.2) is 44.9 Å². The molecule has 0 radical (unpaired) electrons. The van der Waals surface area contributed by atoms with E-state index in [9.17, 15) is 19.5 Å². The molecular formula is C16H24O7. The normalized spacial score (nSPS) is 26.7. The van der Waals surface area contributed by atoms with Crippen LogP contribution in [0, 0.1) is 5.92 Å². The number of carboxylic acids is 2. The van der Waals surface area contributed by atoms with Crippen molar-refractivity contribution in [3.05, 3.63) is 12.7 Å².